The van der Waals surface area contributed by atoms with E-state index in [4.69, 9.17) is 0 Å². The summed E-state index contributed by atoms with van der Waals surface area (Å²) >= 11 is 0. The molecule has 0 aromatic heterocycles. The molecule has 3 rings (SSSR count). The van der Waals surface area contributed by atoms with Crippen LogP contribution in [0.25, 0.3) is 0 Å². The number of hydrogen-bond donors (Lipinski definition) is 1. The highest BCUT2D eigenvalue weighted by molar-refractivity contribution is 5.06. The Morgan fingerprint density at radius 3 is 2.24 bits per heavy atom. The Bertz CT molecular complexity index is 248. The van der Waals surface area contributed by atoms with E-state index in [-0.39, 0.29) is 0 Å². The Hall–Kier alpha value is -0.0400. The van der Waals surface area contributed by atoms with Crippen molar-refractivity contribution >= 4 is 0 Å². The van der Waals surface area contributed by atoms with Gasteiger partial charge in [-0.05, 0) is 62.3 Å². The molecule has 0 saturated heterocycles. The van der Waals surface area contributed by atoms with E-state index < -0.39 is 0 Å². The maximum Gasteiger partial charge on any atom is 0.0126 e. The summed E-state index contributed by atoms with van der Waals surface area (Å²) in [5.41, 5.74) is 0. The lowest BCUT2D eigenvalue weighted by Gasteiger charge is -2.34. The van der Waals surface area contributed by atoms with Crippen molar-refractivity contribution in [2.45, 2.75) is 64.3 Å². The SMILES string of the molecule is CNC(C1CCCC(C)C1)C1C2CCCCC21. The van der Waals surface area contributed by atoms with Gasteiger partial charge < -0.3 is 5.32 Å². The summed E-state index contributed by atoms with van der Waals surface area (Å²) in [7, 11) is 2.22. The minimum Gasteiger partial charge on any atom is -0.316 e. The number of fused-ring (bicyclic) bond motifs is 1. The molecule has 0 aliphatic heterocycles. The van der Waals surface area contributed by atoms with Crippen LogP contribution >= 0.6 is 0 Å². The predicted molar refractivity (Wildman–Crippen MR) is 72.9 cm³/mol. The van der Waals surface area contributed by atoms with E-state index in [1.54, 1.807) is 0 Å². The summed E-state index contributed by atoms with van der Waals surface area (Å²) in [5.74, 6) is 5.24. The van der Waals surface area contributed by atoms with Crippen molar-refractivity contribution in [1.82, 2.24) is 5.32 Å². The summed E-state index contributed by atoms with van der Waals surface area (Å²) in [6.07, 6.45) is 12.0. The van der Waals surface area contributed by atoms with Crippen LogP contribution in [0.5, 0.6) is 0 Å². The fourth-order valence-electron chi connectivity index (χ4n) is 5.13. The first kappa shape index (κ1) is 12.0. The molecule has 17 heavy (non-hydrogen) atoms. The largest absolute Gasteiger partial charge is 0.316 e. The molecule has 1 heteroatoms. The van der Waals surface area contributed by atoms with Gasteiger partial charge in [0.15, 0.2) is 0 Å². The first-order valence-corrected chi connectivity index (χ1v) is 7.98. The molecule has 0 spiro atoms. The van der Waals surface area contributed by atoms with Gasteiger partial charge >= 0.3 is 0 Å². The second kappa shape index (κ2) is 4.91. The Morgan fingerprint density at radius 1 is 0.941 bits per heavy atom. The van der Waals surface area contributed by atoms with Gasteiger partial charge in [-0.1, -0.05) is 32.6 Å². The molecule has 0 bridgehead atoms. The molecular formula is C16H29N. The van der Waals surface area contributed by atoms with E-state index in [0.29, 0.717) is 0 Å². The van der Waals surface area contributed by atoms with Crippen LogP contribution in [0.2, 0.25) is 0 Å². The summed E-state index contributed by atoms with van der Waals surface area (Å²) in [6, 6.07) is 0.853. The monoisotopic (exact) mass is 235 g/mol. The zero-order valence-corrected chi connectivity index (χ0v) is 11.6. The van der Waals surface area contributed by atoms with Crippen molar-refractivity contribution in [3.8, 4) is 0 Å². The van der Waals surface area contributed by atoms with Crippen LogP contribution in [0.3, 0.4) is 0 Å². The lowest BCUT2D eigenvalue weighted by molar-refractivity contribution is 0.206. The maximum absolute atomic E-state index is 3.71. The van der Waals surface area contributed by atoms with Crippen molar-refractivity contribution < 1.29 is 0 Å². The van der Waals surface area contributed by atoms with E-state index >= 15 is 0 Å². The minimum absolute atomic E-state index is 0.853. The van der Waals surface area contributed by atoms with Gasteiger partial charge in [-0.3, -0.25) is 0 Å². The molecule has 5 atom stereocenters. The van der Waals surface area contributed by atoms with E-state index in [1.807, 2.05) is 0 Å². The molecule has 0 aromatic rings. The molecule has 3 fully saturated rings. The Kier molecular flexibility index (Phi) is 3.47. The van der Waals surface area contributed by atoms with Crippen molar-refractivity contribution in [2.24, 2.45) is 29.6 Å². The highest BCUT2D eigenvalue weighted by Crippen LogP contribution is 2.58. The zero-order chi connectivity index (χ0) is 11.8. The number of rotatable bonds is 3. The van der Waals surface area contributed by atoms with Crippen molar-refractivity contribution in [2.75, 3.05) is 7.05 Å². The van der Waals surface area contributed by atoms with Crippen LogP contribution in [-0.2, 0) is 0 Å². The summed E-state index contributed by atoms with van der Waals surface area (Å²) < 4.78 is 0. The molecule has 5 unspecified atom stereocenters. The molecule has 0 aromatic carbocycles. The van der Waals surface area contributed by atoms with Gasteiger partial charge in [-0.2, -0.15) is 0 Å². The molecule has 3 aliphatic rings. The molecule has 1 N–H and O–H groups in total. The smallest absolute Gasteiger partial charge is 0.0126 e. The van der Waals surface area contributed by atoms with Crippen LogP contribution < -0.4 is 5.32 Å². The Balaban J connectivity index is 1.63. The van der Waals surface area contributed by atoms with Crippen LogP contribution in [0.4, 0.5) is 0 Å². The minimum atomic E-state index is 0.853. The first-order valence-electron chi connectivity index (χ1n) is 7.98. The molecule has 0 amide bonds. The number of nitrogens with one attached hydrogen (secondary N) is 1. The lowest BCUT2D eigenvalue weighted by atomic mass is 9.77. The van der Waals surface area contributed by atoms with Crippen molar-refractivity contribution in [3.05, 3.63) is 0 Å². The molecule has 1 nitrogen and oxygen atoms in total. The van der Waals surface area contributed by atoms with E-state index in [0.717, 1.165) is 35.6 Å². The average Bonchev–Trinajstić information content (AvgIpc) is 3.05. The van der Waals surface area contributed by atoms with Gasteiger partial charge in [0, 0.05) is 6.04 Å². The standard InChI is InChI=1S/C16H29N/c1-11-6-5-7-12(10-11)16(17-2)15-13-8-3-4-9-14(13)15/h11-17H,3-10H2,1-2H3. The third kappa shape index (κ3) is 2.28. The highest BCUT2D eigenvalue weighted by atomic mass is 14.9. The topological polar surface area (TPSA) is 12.0 Å². The maximum atomic E-state index is 3.71. The van der Waals surface area contributed by atoms with Gasteiger partial charge in [0.2, 0.25) is 0 Å². The molecule has 98 valence electrons. The quantitative estimate of drug-likeness (QED) is 0.784. The van der Waals surface area contributed by atoms with E-state index in [9.17, 15) is 0 Å². The zero-order valence-electron chi connectivity index (χ0n) is 11.6. The fourth-order valence-corrected chi connectivity index (χ4v) is 5.13. The summed E-state index contributed by atoms with van der Waals surface area (Å²) in [6.45, 7) is 2.46. The summed E-state index contributed by atoms with van der Waals surface area (Å²) in [4.78, 5) is 0. The molecular weight excluding hydrogens is 206 g/mol. The molecule has 3 aliphatic carbocycles. The van der Waals surface area contributed by atoms with Crippen LogP contribution in [-0.4, -0.2) is 13.1 Å². The van der Waals surface area contributed by atoms with Crippen LogP contribution in [0, 0.1) is 29.6 Å². The highest BCUT2D eigenvalue weighted by Gasteiger charge is 2.55. The van der Waals surface area contributed by atoms with E-state index in [2.05, 4.69) is 19.3 Å². The molecule has 0 heterocycles. The molecule has 0 radical (unpaired) electrons. The van der Waals surface area contributed by atoms with Crippen molar-refractivity contribution in [3.63, 3.8) is 0 Å². The van der Waals surface area contributed by atoms with Gasteiger partial charge in [0.05, 0.1) is 0 Å². The molecule has 3 saturated carbocycles. The third-order valence-corrected chi connectivity index (χ3v) is 5.96. The van der Waals surface area contributed by atoms with E-state index in [1.165, 1.54) is 51.4 Å². The van der Waals surface area contributed by atoms with Crippen molar-refractivity contribution in [1.29, 1.82) is 0 Å². The lowest BCUT2D eigenvalue weighted by Crippen LogP contribution is -2.38. The van der Waals surface area contributed by atoms with Gasteiger partial charge in [-0.15, -0.1) is 0 Å². The number of hydrogen-bond acceptors (Lipinski definition) is 1. The second-order valence-electron chi connectivity index (χ2n) is 7.04. The Labute approximate surface area is 107 Å². The van der Waals surface area contributed by atoms with Gasteiger partial charge in [-0.25, -0.2) is 0 Å². The van der Waals surface area contributed by atoms with Crippen LogP contribution in [0.15, 0.2) is 0 Å². The Morgan fingerprint density at radius 2 is 1.65 bits per heavy atom. The van der Waals surface area contributed by atoms with Crippen LogP contribution in [0.1, 0.15) is 58.3 Å². The van der Waals surface area contributed by atoms with Gasteiger partial charge in [0.25, 0.3) is 0 Å². The fraction of sp³-hybridized carbons (Fsp3) is 1.00. The third-order valence-electron chi connectivity index (χ3n) is 5.96. The first-order chi connectivity index (χ1) is 8.31. The average molecular weight is 235 g/mol. The van der Waals surface area contributed by atoms with Gasteiger partial charge in [0.1, 0.15) is 0 Å². The summed E-state index contributed by atoms with van der Waals surface area (Å²) in [5, 5.41) is 3.71. The normalized spacial score (nSPS) is 47.3. The predicted octanol–water partition coefficient (Wildman–Crippen LogP) is 3.84. The second-order valence-corrected chi connectivity index (χ2v) is 7.04.